The van der Waals surface area contributed by atoms with Crippen LogP contribution in [0.25, 0.3) is 0 Å². The first-order chi connectivity index (χ1) is 9.76. The molecular formula is C18H31NO2. The third-order valence-electron chi connectivity index (χ3n) is 6.26. The highest BCUT2D eigenvalue weighted by atomic mass is 16.5. The molecule has 0 aromatic carbocycles. The average Bonchev–Trinajstić information content (AvgIpc) is 2.47. The van der Waals surface area contributed by atoms with Crippen molar-refractivity contribution in [3.63, 3.8) is 0 Å². The van der Waals surface area contributed by atoms with E-state index in [4.69, 9.17) is 4.74 Å². The number of methoxy groups -OCH3 is 1. The Hall–Kier alpha value is -0.590. The Kier molecular flexibility index (Phi) is 4.71. The van der Waals surface area contributed by atoms with E-state index in [1.807, 2.05) is 0 Å². The van der Waals surface area contributed by atoms with Crippen molar-refractivity contribution in [2.24, 2.45) is 16.7 Å². The SMILES string of the molecule is COC1CCC(O)(C2(C#N)CCC(C(C)(C)C)CC2)CC1. The molecule has 2 saturated carbocycles. The monoisotopic (exact) mass is 293 g/mol. The standard InChI is InChI=1S/C18H31NO2/c1-16(2,3)14-5-9-17(13-19,10-6-14)18(20)11-7-15(21-4)8-12-18/h14-15,20H,5-12H2,1-4H3. The molecule has 0 radical (unpaired) electrons. The van der Waals surface area contributed by atoms with Crippen molar-refractivity contribution in [3.05, 3.63) is 0 Å². The number of aliphatic hydroxyl groups is 1. The summed E-state index contributed by atoms with van der Waals surface area (Å²) in [6, 6.07) is 2.54. The van der Waals surface area contributed by atoms with Crippen molar-refractivity contribution in [1.29, 1.82) is 5.26 Å². The van der Waals surface area contributed by atoms with Gasteiger partial charge >= 0.3 is 0 Å². The Morgan fingerprint density at radius 2 is 1.57 bits per heavy atom. The summed E-state index contributed by atoms with van der Waals surface area (Å²) in [5.41, 5.74) is -1.04. The third kappa shape index (κ3) is 3.12. The number of rotatable bonds is 2. The molecule has 3 nitrogen and oxygen atoms in total. The van der Waals surface area contributed by atoms with Crippen molar-refractivity contribution < 1.29 is 9.84 Å². The Morgan fingerprint density at radius 3 is 1.95 bits per heavy atom. The lowest BCUT2D eigenvalue weighted by atomic mass is 9.56. The highest BCUT2D eigenvalue weighted by Crippen LogP contribution is 2.54. The van der Waals surface area contributed by atoms with Crippen molar-refractivity contribution >= 4 is 0 Å². The van der Waals surface area contributed by atoms with E-state index in [0.29, 0.717) is 24.2 Å². The average molecular weight is 293 g/mol. The van der Waals surface area contributed by atoms with Gasteiger partial charge in [0.15, 0.2) is 0 Å². The van der Waals surface area contributed by atoms with Crippen molar-refractivity contribution in [2.75, 3.05) is 7.11 Å². The molecule has 2 aliphatic carbocycles. The molecular weight excluding hydrogens is 262 g/mol. The molecule has 2 rings (SSSR count). The minimum absolute atomic E-state index is 0.256. The van der Waals surface area contributed by atoms with Crippen molar-refractivity contribution in [2.45, 2.75) is 83.8 Å². The summed E-state index contributed by atoms with van der Waals surface area (Å²) < 4.78 is 5.41. The molecule has 0 unspecified atom stereocenters. The largest absolute Gasteiger partial charge is 0.388 e. The highest BCUT2D eigenvalue weighted by Gasteiger charge is 2.54. The Balaban J connectivity index is 2.09. The van der Waals surface area contributed by atoms with Crippen LogP contribution in [0.5, 0.6) is 0 Å². The van der Waals surface area contributed by atoms with Crippen LogP contribution >= 0.6 is 0 Å². The van der Waals surface area contributed by atoms with E-state index in [1.54, 1.807) is 7.11 Å². The van der Waals surface area contributed by atoms with Crippen LogP contribution in [-0.2, 0) is 4.74 Å². The van der Waals surface area contributed by atoms with Gasteiger partial charge in [-0.3, -0.25) is 0 Å². The molecule has 0 aromatic heterocycles. The fraction of sp³-hybridized carbons (Fsp3) is 0.944. The molecule has 120 valence electrons. The summed E-state index contributed by atoms with van der Waals surface area (Å²) in [5.74, 6) is 0.665. The quantitative estimate of drug-likeness (QED) is 0.835. The molecule has 0 atom stereocenters. The molecule has 2 aliphatic rings. The maximum Gasteiger partial charge on any atom is 0.0860 e. The topological polar surface area (TPSA) is 53.2 Å². The second kappa shape index (κ2) is 5.89. The Bertz CT molecular complexity index is 388. The predicted octanol–water partition coefficient (Wildman–Crippen LogP) is 4.05. The lowest BCUT2D eigenvalue weighted by Gasteiger charge is -2.50. The van der Waals surface area contributed by atoms with Gasteiger partial charge < -0.3 is 9.84 Å². The van der Waals surface area contributed by atoms with E-state index >= 15 is 0 Å². The summed E-state index contributed by atoms with van der Waals surface area (Å²) in [5, 5.41) is 21.0. The van der Waals surface area contributed by atoms with Gasteiger partial charge in [-0.05, 0) is 62.7 Å². The molecule has 0 spiro atoms. The van der Waals surface area contributed by atoms with Crippen LogP contribution in [0.2, 0.25) is 0 Å². The zero-order valence-electron chi connectivity index (χ0n) is 14.1. The molecule has 0 aliphatic heterocycles. The van der Waals surface area contributed by atoms with Gasteiger partial charge in [0, 0.05) is 7.11 Å². The predicted molar refractivity (Wildman–Crippen MR) is 83.7 cm³/mol. The fourth-order valence-electron chi connectivity index (χ4n) is 4.44. The second-order valence-electron chi connectivity index (χ2n) is 8.30. The van der Waals surface area contributed by atoms with E-state index in [1.165, 1.54) is 0 Å². The highest BCUT2D eigenvalue weighted by molar-refractivity contribution is 5.14. The van der Waals surface area contributed by atoms with Crippen LogP contribution in [-0.4, -0.2) is 23.9 Å². The van der Waals surface area contributed by atoms with Gasteiger partial charge in [0.2, 0.25) is 0 Å². The van der Waals surface area contributed by atoms with Crippen LogP contribution in [0.1, 0.15) is 72.1 Å². The Labute approximate surface area is 129 Å². The van der Waals surface area contributed by atoms with Crippen LogP contribution in [0.3, 0.4) is 0 Å². The molecule has 0 bridgehead atoms. The molecule has 0 heterocycles. The summed E-state index contributed by atoms with van der Waals surface area (Å²) >= 11 is 0. The fourth-order valence-corrected chi connectivity index (χ4v) is 4.44. The van der Waals surface area contributed by atoms with Gasteiger partial charge in [-0.2, -0.15) is 5.26 Å². The lowest BCUT2D eigenvalue weighted by Crippen LogP contribution is -2.52. The number of nitriles is 1. The summed E-state index contributed by atoms with van der Waals surface area (Å²) in [4.78, 5) is 0. The molecule has 21 heavy (non-hydrogen) atoms. The van der Waals surface area contributed by atoms with Crippen molar-refractivity contribution in [3.8, 4) is 6.07 Å². The van der Waals surface area contributed by atoms with Crippen LogP contribution < -0.4 is 0 Å². The lowest BCUT2D eigenvalue weighted by molar-refractivity contribution is -0.125. The van der Waals surface area contributed by atoms with E-state index in [0.717, 1.165) is 38.5 Å². The van der Waals surface area contributed by atoms with E-state index in [9.17, 15) is 10.4 Å². The maximum absolute atomic E-state index is 11.2. The van der Waals surface area contributed by atoms with E-state index < -0.39 is 11.0 Å². The number of hydrogen-bond donors (Lipinski definition) is 1. The maximum atomic E-state index is 11.2. The number of hydrogen-bond acceptors (Lipinski definition) is 3. The van der Waals surface area contributed by atoms with Gasteiger partial charge in [-0.1, -0.05) is 20.8 Å². The van der Waals surface area contributed by atoms with Crippen LogP contribution in [0, 0.1) is 28.1 Å². The van der Waals surface area contributed by atoms with Gasteiger partial charge in [0.05, 0.1) is 23.2 Å². The molecule has 0 aromatic rings. The first kappa shape index (κ1) is 16.8. The summed E-state index contributed by atoms with van der Waals surface area (Å²) in [7, 11) is 1.74. The minimum Gasteiger partial charge on any atom is -0.388 e. The second-order valence-corrected chi connectivity index (χ2v) is 8.30. The van der Waals surface area contributed by atoms with Gasteiger partial charge in [-0.15, -0.1) is 0 Å². The third-order valence-corrected chi connectivity index (χ3v) is 6.26. The number of ether oxygens (including phenoxy) is 1. The molecule has 3 heteroatoms. The first-order valence-electron chi connectivity index (χ1n) is 8.43. The Morgan fingerprint density at radius 1 is 1.05 bits per heavy atom. The zero-order chi connectivity index (χ0) is 15.7. The van der Waals surface area contributed by atoms with E-state index in [2.05, 4.69) is 26.8 Å². The smallest absolute Gasteiger partial charge is 0.0860 e. The van der Waals surface area contributed by atoms with Crippen LogP contribution in [0.15, 0.2) is 0 Å². The number of nitrogens with zero attached hydrogens (tertiary/aromatic N) is 1. The van der Waals surface area contributed by atoms with Crippen molar-refractivity contribution in [1.82, 2.24) is 0 Å². The first-order valence-corrected chi connectivity index (χ1v) is 8.43. The van der Waals surface area contributed by atoms with Gasteiger partial charge in [0.1, 0.15) is 0 Å². The van der Waals surface area contributed by atoms with Crippen LogP contribution in [0.4, 0.5) is 0 Å². The molecule has 1 N–H and O–H groups in total. The zero-order valence-corrected chi connectivity index (χ0v) is 14.1. The molecule has 0 amide bonds. The normalized spacial score (nSPS) is 41.5. The minimum atomic E-state index is -0.806. The summed E-state index contributed by atoms with van der Waals surface area (Å²) in [6.07, 6.45) is 7.24. The van der Waals surface area contributed by atoms with E-state index in [-0.39, 0.29) is 6.10 Å². The molecule has 0 saturated heterocycles. The molecule has 2 fully saturated rings. The van der Waals surface area contributed by atoms with Gasteiger partial charge in [-0.25, -0.2) is 0 Å². The summed E-state index contributed by atoms with van der Waals surface area (Å²) in [6.45, 7) is 6.86. The van der Waals surface area contributed by atoms with Gasteiger partial charge in [0.25, 0.3) is 0 Å².